The molecule has 3 rings (SSSR count). The highest BCUT2D eigenvalue weighted by molar-refractivity contribution is 5.78. The molecule has 3 aliphatic rings. The van der Waals surface area contributed by atoms with E-state index in [1.807, 2.05) is 12.2 Å². The molecule has 0 aromatic rings. The molecule has 58 valence electrons. The zero-order valence-corrected chi connectivity index (χ0v) is 5.95. The summed E-state index contributed by atoms with van der Waals surface area (Å²) in [5.41, 5.74) is -0.359. The van der Waals surface area contributed by atoms with E-state index in [1.54, 1.807) is 0 Å². The Balaban J connectivity index is 2.09. The Morgan fingerprint density at radius 2 is 2.55 bits per heavy atom. The van der Waals surface area contributed by atoms with Crippen molar-refractivity contribution in [3.8, 4) is 0 Å². The van der Waals surface area contributed by atoms with Crippen LogP contribution in [0.15, 0.2) is 12.2 Å². The van der Waals surface area contributed by atoms with E-state index in [-0.39, 0.29) is 23.6 Å². The lowest BCUT2D eigenvalue weighted by Gasteiger charge is -2.16. The van der Waals surface area contributed by atoms with Crippen LogP contribution in [0.3, 0.4) is 0 Å². The van der Waals surface area contributed by atoms with Crippen LogP contribution in [0, 0.1) is 5.92 Å². The van der Waals surface area contributed by atoms with Crippen LogP contribution in [0.25, 0.3) is 0 Å². The molecule has 0 aliphatic carbocycles. The van der Waals surface area contributed by atoms with Gasteiger partial charge in [0.15, 0.2) is 0 Å². The second kappa shape index (κ2) is 1.50. The summed E-state index contributed by atoms with van der Waals surface area (Å²) in [7, 11) is 0. The quantitative estimate of drug-likeness (QED) is 0.369. The molecular weight excluding hydrogens is 144 g/mol. The van der Waals surface area contributed by atoms with Crippen molar-refractivity contribution in [2.24, 2.45) is 5.92 Å². The minimum atomic E-state index is -0.359. The Kier molecular flexibility index (Phi) is 0.790. The highest BCUT2D eigenvalue weighted by Gasteiger charge is 2.58. The van der Waals surface area contributed by atoms with Crippen molar-refractivity contribution in [1.82, 2.24) is 0 Å². The van der Waals surface area contributed by atoms with Crippen LogP contribution >= 0.6 is 0 Å². The molecule has 3 heterocycles. The van der Waals surface area contributed by atoms with Crippen LogP contribution in [0.2, 0.25) is 0 Å². The number of esters is 1. The number of fused-ring (bicyclic) bond motifs is 1. The minimum Gasteiger partial charge on any atom is -0.462 e. The summed E-state index contributed by atoms with van der Waals surface area (Å²) in [4.78, 5) is 11.1. The average Bonchev–Trinajstić information content (AvgIpc) is 2.62. The molecule has 0 aromatic heterocycles. The first-order valence-electron chi connectivity index (χ1n) is 3.84. The molecule has 11 heavy (non-hydrogen) atoms. The summed E-state index contributed by atoms with van der Waals surface area (Å²) in [5.74, 6) is -0.102. The highest BCUT2D eigenvalue weighted by Crippen LogP contribution is 2.47. The zero-order valence-electron chi connectivity index (χ0n) is 5.95. The van der Waals surface area contributed by atoms with Crippen LogP contribution in [-0.2, 0) is 14.3 Å². The minimum absolute atomic E-state index is 0.0162. The summed E-state index contributed by atoms with van der Waals surface area (Å²) < 4.78 is 10.5. The maximum absolute atomic E-state index is 11.1. The molecular formula is C8H8O3. The Labute approximate surface area is 64.0 Å². The van der Waals surface area contributed by atoms with Gasteiger partial charge in [-0.05, 0) is 12.5 Å². The van der Waals surface area contributed by atoms with Gasteiger partial charge < -0.3 is 9.47 Å². The van der Waals surface area contributed by atoms with Gasteiger partial charge in [-0.1, -0.05) is 6.08 Å². The fraction of sp³-hybridized carbons (Fsp3) is 0.625. The number of hydrogen-bond acceptors (Lipinski definition) is 3. The monoisotopic (exact) mass is 152 g/mol. The topological polar surface area (TPSA) is 35.5 Å². The maximum Gasteiger partial charge on any atom is 0.312 e. The first kappa shape index (κ1) is 5.77. The summed E-state index contributed by atoms with van der Waals surface area (Å²) >= 11 is 0. The van der Waals surface area contributed by atoms with Crippen molar-refractivity contribution >= 4 is 5.97 Å². The van der Waals surface area contributed by atoms with E-state index in [2.05, 4.69) is 0 Å². The van der Waals surface area contributed by atoms with Crippen LogP contribution in [-0.4, -0.2) is 24.3 Å². The first-order valence-corrected chi connectivity index (χ1v) is 3.84. The molecule has 0 amide bonds. The highest BCUT2D eigenvalue weighted by atomic mass is 16.6. The van der Waals surface area contributed by atoms with Crippen LogP contribution in [0.1, 0.15) is 6.42 Å². The van der Waals surface area contributed by atoms with E-state index in [0.29, 0.717) is 6.61 Å². The third-order valence-corrected chi connectivity index (χ3v) is 2.75. The van der Waals surface area contributed by atoms with E-state index in [4.69, 9.17) is 9.47 Å². The van der Waals surface area contributed by atoms with Gasteiger partial charge >= 0.3 is 5.97 Å². The Hall–Kier alpha value is -0.830. The number of ether oxygens (including phenoxy) is 2. The number of cyclic esters (lactones) is 1. The zero-order chi connectivity index (χ0) is 7.47. The Morgan fingerprint density at radius 1 is 1.64 bits per heavy atom. The third kappa shape index (κ3) is 0.518. The molecule has 3 atom stereocenters. The Morgan fingerprint density at radius 3 is 3.27 bits per heavy atom. The second-order valence-corrected chi connectivity index (χ2v) is 3.37. The molecule has 1 spiro atoms. The van der Waals surface area contributed by atoms with E-state index in [0.717, 1.165) is 6.42 Å². The molecule has 3 heteroatoms. The lowest BCUT2D eigenvalue weighted by molar-refractivity contribution is -0.141. The third-order valence-electron chi connectivity index (χ3n) is 2.75. The van der Waals surface area contributed by atoms with Gasteiger partial charge in [-0.2, -0.15) is 0 Å². The fourth-order valence-electron chi connectivity index (χ4n) is 2.15. The van der Waals surface area contributed by atoms with E-state index < -0.39 is 0 Å². The average molecular weight is 152 g/mol. The van der Waals surface area contributed by atoms with Crippen LogP contribution < -0.4 is 0 Å². The van der Waals surface area contributed by atoms with Gasteiger partial charge in [0, 0.05) is 0 Å². The lowest BCUT2D eigenvalue weighted by Crippen LogP contribution is -2.31. The van der Waals surface area contributed by atoms with E-state index in [9.17, 15) is 4.79 Å². The van der Waals surface area contributed by atoms with Crippen molar-refractivity contribution in [2.75, 3.05) is 6.61 Å². The normalized spacial score (nSPS) is 51.5. The SMILES string of the molecule is O=C1OCC23C=CC(CC12)O3. The van der Waals surface area contributed by atoms with Gasteiger partial charge in [-0.25, -0.2) is 0 Å². The van der Waals surface area contributed by atoms with E-state index in [1.165, 1.54) is 0 Å². The number of hydrogen-bond donors (Lipinski definition) is 0. The molecule has 0 radical (unpaired) electrons. The molecule has 2 fully saturated rings. The van der Waals surface area contributed by atoms with Crippen molar-refractivity contribution in [3.05, 3.63) is 12.2 Å². The predicted octanol–water partition coefficient (Wildman–Crippen LogP) is 0.257. The standard InChI is InChI=1S/C8H8O3/c9-7-6-3-5-1-2-8(6,11-5)4-10-7/h1-2,5-6H,3-4H2. The molecule has 3 nitrogen and oxygen atoms in total. The summed E-state index contributed by atoms with van der Waals surface area (Å²) in [6.45, 7) is 0.420. The van der Waals surface area contributed by atoms with Crippen molar-refractivity contribution in [1.29, 1.82) is 0 Å². The van der Waals surface area contributed by atoms with Crippen molar-refractivity contribution in [3.63, 3.8) is 0 Å². The second-order valence-electron chi connectivity index (χ2n) is 3.37. The summed E-state index contributed by atoms with van der Waals surface area (Å²) in [5, 5.41) is 0. The van der Waals surface area contributed by atoms with Gasteiger partial charge in [0.1, 0.15) is 12.2 Å². The van der Waals surface area contributed by atoms with Gasteiger partial charge in [0.25, 0.3) is 0 Å². The van der Waals surface area contributed by atoms with Gasteiger partial charge in [0.2, 0.25) is 0 Å². The molecule has 3 aliphatic heterocycles. The van der Waals surface area contributed by atoms with Crippen molar-refractivity contribution in [2.45, 2.75) is 18.1 Å². The van der Waals surface area contributed by atoms with Crippen molar-refractivity contribution < 1.29 is 14.3 Å². The number of rotatable bonds is 0. The van der Waals surface area contributed by atoms with Gasteiger partial charge in [-0.15, -0.1) is 0 Å². The van der Waals surface area contributed by atoms with Gasteiger partial charge in [-0.3, -0.25) is 4.79 Å². The largest absolute Gasteiger partial charge is 0.462 e. The summed E-state index contributed by atoms with van der Waals surface area (Å²) in [6, 6.07) is 0. The lowest BCUT2D eigenvalue weighted by atomic mass is 9.86. The predicted molar refractivity (Wildman–Crippen MR) is 35.8 cm³/mol. The molecule has 3 unspecified atom stereocenters. The molecule has 0 aromatic carbocycles. The van der Waals surface area contributed by atoms with E-state index >= 15 is 0 Å². The smallest absolute Gasteiger partial charge is 0.312 e. The number of carbonyl (C=O) groups is 1. The van der Waals surface area contributed by atoms with Crippen LogP contribution in [0.5, 0.6) is 0 Å². The van der Waals surface area contributed by atoms with Gasteiger partial charge in [0.05, 0.1) is 12.0 Å². The molecule has 0 saturated carbocycles. The fourth-order valence-corrected chi connectivity index (χ4v) is 2.15. The van der Waals surface area contributed by atoms with Crippen LogP contribution in [0.4, 0.5) is 0 Å². The number of carbonyl (C=O) groups excluding carboxylic acids is 1. The molecule has 2 bridgehead atoms. The first-order chi connectivity index (χ1) is 5.30. The molecule has 0 N–H and O–H groups in total. The summed E-state index contributed by atoms with van der Waals surface area (Å²) in [6.07, 6.45) is 5.00. The maximum atomic E-state index is 11.1. The Bertz CT molecular complexity index is 258. The molecule has 2 saturated heterocycles.